The van der Waals surface area contributed by atoms with Crippen LogP contribution in [0.25, 0.3) is 92.8 Å². The van der Waals surface area contributed by atoms with Gasteiger partial charge in [-0.15, -0.1) is 0 Å². The number of rotatable bonds is 4. The van der Waals surface area contributed by atoms with Crippen molar-refractivity contribution in [3.05, 3.63) is 204 Å². The lowest BCUT2D eigenvalue weighted by molar-refractivity contribution is 0.672. The van der Waals surface area contributed by atoms with Crippen molar-refractivity contribution < 1.29 is 4.42 Å². The monoisotopic (exact) mass is 767 g/mol. The molecular formula is C56H37N3O. The molecule has 0 saturated heterocycles. The van der Waals surface area contributed by atoms with Crippen LogP contribution in [0.5, 0.6) is 0 Å². The number of hydrogen-bond donors (Lipinski definition) is 0. The van der Waals surface area contributed by atoms with Crippen LogP contribution in [-0.2, 0) is 0 Å². The van der Waals surface area contributed by atoms with E-state index in [4.69, 9.17) is 19.4 Å². The zero-order valence-corrected chi connectivity index (χ0v) is 33.0. The first-order valence-corrected chi connectivity index (χ1v) is 20.6. The number of benzene rings is 9. The van der Waals surface area contributed by atoms with Crippen LogP contribution in [0.1, 0.15) is 36.5 Å². The van der Waals surface area contributed by atoms with Crippen LogP contribution in [0, 0.1) is 0 Å². The fourth-order valence-corrected chi connectivity index (χ4v) is 9.47. The summed E-state index contributed by atoms with van der Waals surface area (Å²) in [5.74, 6) is 0.682. The number of pyridine rings is 1. The Hall–Kier alpha value is -7.69. The van der Waals surface area contributed by atoms with Crippen LogP contribution in [0.15, 0.2) is 202 Å². The number of aliphatic imine (C=N–C) groups is 2. The summed E-state index contributed by atoms with van der Waals surface area (Å²) in [7, 11) is 0. The summed E-state index contributed by atoms with van der Waals surface area (Å²) in [5.41, 5.74) is 11.4. The second kappa shape index (κ2) is 13.7. The molecule has 0 atom stereocenters. The molecule has 1 aliphatic rings. The minimum Gasteiger partial charge on any atom is -0.455 e. The molecule has 0 unspecified atom stereocenters. The van der Waals surface area contributed by atoms with Crippen molar-refractivity contribution in [3.8, 4) is 11.1 Å². The number of fused-ring (bicyclic) bond motifs is 11. The molecule has 0 aliphatic carbocycles. The molecule has 0 fully saturated rings. The number of amidine groups is 1. The first-order chi connectivity index (χ1) is 29.7. The Labute approximate surface area is 346 Å². The summed E-state index contributed by atoms with van der Waals surface area (Å²) in [6.45, 7) is 2.23. The molecule has 0 N–H and O–H groups in total. The molecule has 9 aromatic carbocycles. The first kappa shape index (κ1) is 34.4. The Morgan fingerprint density at radius 1 is 0.450 bits per heavy atom. The molecule has 282 valence electrons. The van der Waals surface area contributed by atoms with Crippen LogP contribution in [0.4, 0.5) is 0 Å². The van der Waals surface area contributed by atoms with Crippen molar-refractivity contribution in [2.45, 2.75) is 19.8 Å². The molecule has 4 nitrogen and oxygen atoms in total. The summed E-state index contributed by atoms with van der Waals surface area (Å²) >= 11 is 0. The van der Waals surface area contributed by atoms with E-state index in [0.717, 1.165) is 95.7 Å². The number of allylic oxidation sites excluding steroid dienone is 1. The molecule has 11 aromatic rings. The maximum absolute atomic E-state index is 6.66. The van der Waals surface area contributed by atoms with Gasteiger partial charge in [0, 0.05) is 49.8 Å². The summed E-state index contributed by atoms with van der Waals surface area (Å²) in [5, 5.41) is 12.7. The number of hydrogen-bond acceptors (Lipinski definition) is 4. The SMILES string of the molecule is C/C1=C(/c2cccc3ccccc23)N=C(c2cccc(-c3cc4ccccc4c4c3ccc3cccnc34)c2)N=C(c2cccc3oc4c5ccccc5ccc4c23)CC1. The van der Waals surface area contributed by atoms with Crippen molar-refractivity contribution in [1.29, 1.82) is 0 Å². The largest absolute Gasteiger partial charge is 0.455 e. The van der Waals surface area contributed by atoms with E-state index < -0.39 is 0 Å². The zero-order valence-electron chi connectivity index (χ0n) is 33.0. The van der Waals surface area contributed by atoms with Gasteiger partial charge in [0.2, 0.25) is 0 Å². The predicted octanol–water partition coefficient (Wildman–Crippen LogP) is 14.9. The van der Waals surface area contributed by atoms with E-state index in [-0.39, 0.29) is 0 Å². The van der Waals surface area contributed by atoms with Crippen molar-refractivity contribution in [2.24, 2.45) is 9.98 Å². The van der Waals surface area contributed by atoms with Crippen molar-refractivity contribution in [2.75, 3.05) is 0 Å². The molecule has 1 aliphatic heterocycles. The average Bonchev–Trinajstić information content (AvgIpc) is 3.70. The maximum Gasteiger partial charge on any atom is 0.160 e. The van der Waals surface area contributed by atoms with Crippen molar-refractivity contribution in [1.82, 2.24) is 4.98 Å². The smallest absolute Gasteiger partial charge is 0.160 e. The molecule has 4 heteroatoms. The normalized spacial score (nSPS) is 14.9. The molecule has 2 aromatic heterocycles. The van der Waals surface area contributed by atoms with Crippen LogP contribution in [-0.4, -0.2) is 16.5 Å². The second-order valence-electron chi connectivity index (χ2n) is 15.9. The van der Waals surface area contributed by atoms with E-state index in [9.17, 15) is 0 Å². The lowest BCUT2D eigenvalue weighted by Gasteiger charge is -2.18. The van der Waals surface area contributed by atoms with E-state index in [1.807, 2.05) is 12.3 Å². The van der Waals surface area contributed by atoms with Gasteiger partial charge in [-0.05, 0) is 99.1 Å². The fraction of sp³-hybridized carbons (Fsp3) is 0.0536. The van der Waals surface area contributed by atoms with E-state index in [2.05, 4.69) is 177 Å². The minimum atomic E-state index is 0.682. The summed E-state index contributed by atoms with van der Waals surface area (Å²) in [4.78, 5) is 16.2. The van der Waals surface area contributed by atoms with Gasteiger partial charge in [-0.25, -0.2) is 9.98 Å². The molecule has 0 saturated carbocycles. The topological polar surface area (TPSA) is 50.8 Å². The Balaban J connectivity index is 1.10. The van der Waals surface area contributed by atoms with Crippen molar-refractivity contribution in [3.63, 3.8) is 0 Å². The summed E-state index contributed by atoms with van der Waals surface area (Å²) in [6, 6.07) is 62.6. The van der Waals surface area contributed by atoms with Crippen LogP contribution >= 0.6 is 0 Å². The van der Waals surface area contributed by atoms with Gasteiger partial charge in [0.1, 0.15) is 11.2 Å². The maximum atomic E-state index is 6.66. The quantitative estimate of drug-likeness (QED) is 0.167. The molecule has 60 heavy (non-hydrogen) atoms. The second-order valence-corrected chi connectivity index (χ2v) is 15.9. The molecule has 12 rings (SSSR count). The van der Waals surface area contributed by atoms with Gasteiger partial charge in [0.15, 0.2) is 5.84 Å². The van der Waals surface area contributed by atoms with E-state index in [1.54, 1.807) is 0 Å². The highest BCUT2D eigenvalue weighted by Crippen LogP contribution is 2.41. The van der Waals surface area contributed by atoms with Crippen molar-refractivity contribution >= 4 is 93.2 Å². The van der Waals surface area contributed by atoms with Crippen LogP contribution in [0.2, 0.25) is 0 Å². The highest BCUT2D eigenvalue weighted by atomic mass is 16.3. The highest BCUT2D eigenvalue weighted by Gasteiger charge is 2.22. The Morgan fingerprint density at radius 2 is 1.13 bits per heavy atom. The molecule has 0 amide bonds. The lowest BCUT2D eigenvalue weighted by Crippen LogP contribution is -2.11. The predicted molar refractivity (Wildman–Crippen MR) is 252 cm³/mol. The molecule has 0 spiro atoms. The van der Waals surface area contributed by atoms with Crippen LogP contribution < -0.4 is 0 Å². The third kappa shape index (κ3) is 5.49. The van der Waals surface area contributed by atoms with Gasteiger partial charge in [-0.3, -0.25) is 4.98 Å². The fourth-order valence-electron chi connectivity index (χ4n) is 9.47. The van der Waals surface area contributed by atoms with Gasteiger partial charge < -0.3 is 4.42 Å². The molecular weight excluding hydrogens is 731 g/mol. The molecule has 3 heterocycles. The van der Waals surface area contributed by atoms with Gasteiger partial charge in [-0.2, -0.15) is 0 Å². The highest BCUT2D eigenvalue weighted by molar-refractivity contribution is 6.26. The Kier molecular flexibility index (Phi) is 7.85. The lowest BCUT2D eigenvalue weighted by atomic mass is 9.91. The van der Waals surface area contributed by atoms with Gasteiger partial charge in [0.05, 0.1) is 16.9 Å². The summed E-state index contributed by atoms with van der Waals surface area (Å²) < 4.78 is 6.66. The summed E-state index contributed by atoms with van der Waals surface area (Å²) in [6.07, 6.45) is 3.45. The minimum absolute atomic E-state index is 0.682. The van der Waals surface area contributed by atoms with E-state index in [1.165, 1.54) is 37.9 Å². The Bertz CT molecular complexity index is 3660. The van der Waals surface area contributed by atoms with Gasteiger partial charge in [-0.1, -0.05) is 146 Å². The van der Waals surface area contributed by atoms with E-state index in [0.29, 0.717) is 5.84 Å². The standard InChI is InChI=1S/C56H37N3O/c1-34-25-30-49(46-23-10-24-50-51(46)47-29-26-36-13-3-7-21-43(36)55(47)60-50)58-56(59-53(34)45-22-9-15-35-12-2-5-19-41(35)45)40-17-8-16-38(32-40)48-33-39-14-4-6-20-42(39)52-44(48)28-27-37-18-11-31-57-54(37)52/h2-24,26-29,31-33H,25,30H2,1H3/b53-34+,58-49?,59-56?. The number of furan rings is 1. The van der Waals surface area contributed by atoms with Gasteiger partial charge in [0.25, 0.3) is 0 Å². The first-order valence-electron chi connectivity index (χ1n) is 20.6. The number of nitrogens with zero attached hydrogens (tertiary/aromatic N) is 3. The zero-order chi connectivity index (χ0) is 39.7. The van der Waals surface area contributed by atoms with E-state index >= 15 is 0 Å². The third-order valence-corrected chi connectivity index (χ3v) is 12.4. The molecule has 0 bridgehead atoms. The van der Waals surface area contributed by atoms with Gasteiger partial charge >= 0.3 is 0 Å². The average molecular weight is 768 g/mol. The molecule has 0 radical (unpaired) electrons. The Morgan fingerprint density at radius 3 is 2.03 bits per heavy atom. The number of aromatic nitrogens is 1. The van der Waals surface area contributed by atoms with Crippen LogP contribution in [0.3, 0.4) is 0 Å². The third-order valence-electron chi connectivity index (χ3n) is 12.4.